The maximum Gasteiger partial charge on any atom is 0.125 e. The summed E-state index contributed by atoms with van der Waals surface area (Å²) in [5.74, 6) is 0.888. The Labute approximate surface area is 130 Å². The first kappa shape index (κ1) is 13.2. The summed E-state index contributed by atoms with van der Waals surface area (Å²) in [5.41, 5.74) is 3.93. The number of nitrogens with zero attached hydrogens (tertiary/aromatic N) is 3. The molecule has 0 amide bonds. The number of hydrogen-bond acceptors (Lipinski definition) is 3. The molecule has 3 nitrogen and oxygen atoms in total. The van der Waals surface area contributed by atoms with E-state index in [0.29, 0.717) is 12.1 Å². The molecule has 21 heavy (non-hydrogen) atoms. The minimum Gasteiger partial charge on any atom is -0.289 e. The van der Waals surface area contributed by atoms with E-state index in [0.717, 1.165) is 23.8 Å². The van der Waals surface area contributed by atoms with Gasteiger partial charge in [0, 0.05) is 41.8 Å². The summed E-state index contributed by atoms with van der Waals surface area (Å²) in [6.45, 7) is 2.96. The van der Waals surface area contributed by atoms with Gasteiger partial charge in [-0.2, -0.15) is 0 Å². The van der Waals surface area contributed by atoms with Gasteiger partial charge in [-0.15, -0.1) is 0 Å². The first-order valence-electron chi connectivity index (χ1n) is 7.53. The van der Waals surface area contributed by atoms with Crippen molar-refractivity contribution in [3.8, 4) is 0 Å². The molecule has 0 saturated carbocycles. The lowest BCUT2D eigenvalue weighted by atomic mass is 9.98. The van der Waals surface area contributed by atoms with E-state index in [9.17, 15) is 0 Å². The van der Waals surface area contributed by atoms with E-state index in [1.807, 2.05) is 25.3 Å². The van der Waals surface area contributed by atoms with Crippen molar-refractivity contribution in [1.82, 2.24) is 14.9 Å². The highest BCUT2D eigenvalue weighted by atomic mass is 35.5. The van der Waals surface area contributed by atoms with E-state index in [2.05, 4.69) is 27.0 Å². The van der Waals surface area contributed by atoms with Crippen LogP contribution < -0.4 is 0 Å². The largest absolute Gasteiger partial charge is 0.289 e. The van der Waals surface area contributed by atoms with E-state index >= 15 is 0 Å². The summed E-state index contributed by atoms with van der Waals surface area (Å²) >= 11 is 5.98. The van der Waals surface area contributed by atoms with E-state index in [1.54, 1.807) is 0 Å². The van der Waals surface area contributed by atoms with Gasteiger partial charge in [0.15, 0.2) is 0 Å². The van der Waals surface area contributed by atoms with Crippen LogP contribution in [0.4, 0.5) is 0 Å². The summed E-state index contributed by atoms with van der Waals surface area (Å²) in [4.78, 5) is 11.7. The third kappa shape index (κ3) is 2.34. The van der Waals surface area contributed by atoms with Crippen molar-refractivity contribution < 1.29 is 0 Å². The van der Waals surface area contributed by atoms with E-state index in [4.69, 9.17) is 11.6 Å². The van der Waals surface area contributed by atoms with Gasteiger partial charge in [0.2, 0.25) is 0 Å². The van der Waals surface area contributed by atoms with Crippen LogP contribution in [0.25, 0.3) is 0 Å². The monoisotopic (exact) mass is 299 g/mol. The second kappa shape index (κ2) is 5.08. The highest BCUT2D eigenvalue weighted by Crippen LogP contribution is 2.43. The second-order valence-corrected chi connectivity index (χ2v) is 6.51. The van der Waals surface area contributed by atoms with Crippen molar-refractivity contribution >= 4 is 11.6 Å². The molecule has 4 heteroatoms. The average molecular weight is 300 g/mol. The van der Waals surface area contributed by atoms with Crippen LogP contribution in [-0.4, -0.2) is 20.9 Å². The van der Waals surface area contributed by atoms with E-state index < -0.39 is 0 Å². The van der Waals surface area contributed by atoms with Crippen LogP contribution >= 0.6 is 11.6 Å². The van der Waals surface area contributed by atoms with E-state index in [-0.39, 0.29) is 0 Å². The van der Waals surface area contributed by atoms with Gasteiger partial charge in [-0.3, -0.25) is 4.90 Å². The SMILES string of the molecule is Cc1ncc2c(n1)C[C@H]1CC[C@H]2N1Cc1ccc(Cl)cc1. The number of halogens is 1. The average Bonchev–Trinajstić information content (AvgIpc) is 2.75. The fraction of sp³-hybridized carbons (Fsp3) is 0.412. The first-order valence-corrected chi connectivity index (χ1v) is 7.91. The molecule has 0 aliphatic carbocycles. The molecule has 1 fully saturated rings. The Morgan fingerprint density at radius 2 is 2.05 bits per heavy atom. The molecule has 4 rings (SSSR count). The molecule has 0 unspecified atom stereocenters. The number of hydrogen-bond donors (Lipinski definition) is 0. The highest BCUT2D eigenvalue weighted by molar-refractivity contribution is 6.30. The number of aryl methyl sites for hydroxylation is 1. The van der Waals surface area contributed by atoms with Gasteiger partial charge in [-0.05, 0) is 37.5 Å². The quantitative estimate of drug-likeness (QED) is 0.846. The standard InChI is InChI=1S/C17H18ClN3/c1-11-19-9-15-16(20-11)8-14-6-7-17(15)21(14)10-12-2-4-13(18)5-3-12/h2-5,9,14,17H,6-8,10H2,1H3/t14-,17-/m1/s1. The Hall–Kier alpha value is -1.45. The first-order chi connectivity index (χ1) is 10.2. The zero-order valence-electron chi connectivity index (χ0n) is 12.1. The summed E-state index contributed by atoms with van der Waals surface area (Å²) in [6, 6.07) is 9.31. The lowest BCUT2D eigenvalue weighted by Crippen LogP contribution is -2.37. The number of rotatable bonds is 2. The molecule has 2 aliphatic rings. The Morgan fingerprint density at radius 3 is 2.86 bits per heavy atom. The fourth-order valence-corrected chi connectivity index (χ4v) is 3.85. The molecule has 1 aromatic carbocycles. The van der Waals surface area contributed by atoms with Crippen molar-refractivity contribution in [2.24, 2.45) is 0 Å². The van der Waals surface area contributed by atoms with Crippen molar-refractivity contribution in [1.29, 1.82) is 0 Å². The normalized spacial score (nSPS) is 24.1. The Kier molecular flexibility index (Phi) is 3.20. The predicted octanol–water partition coefficient (Wildman–Crippen LogP) is 3.70. The molecular formula is C17H18ClN3. The third-order valence-electron chi connectivity index (χ3n) is 4.73. The van der Waals surface area contributed by atoms with Crippen molar-refractivity contribution in [2.75, 3.05) is 0 Å². The van der Waals surface area contributed by atoms with Crippen LogP contribution in [0.3, 0.4) is 0 Å². The zero-order valence-corrected chi connectivity index (χ0v) is 12.8. The molecule has 1 aromatic heterocycles. The summed E-state index contributed by atoms with van der Waals surface area (Å²) in [7, 11) is 0. The second-order valence-electron chi connectivity index (χ2n) is 6.07. The zero-order chi connectivity index (χ0) is 14.4. The smallest absolute Gasteiger partial charge is 0.125 e. The number of aromatic nitrogens is 2. The minimum absolute atomic E-state index is 0.482. The Bertz CT molecular complexity index is 668. The maximum atomic E-state index is 5.98. The van der Waals surface area contributed by atoms with Crippen molar-refractivity contribution in [3.63, 3.8) is 0 Å². The van der Waals surface area contributed by atoms with Gasteiger partial charge in [-0.25, -0.2) is 9.97 Å². The number of fused-ring (bicyclic) bond motifs is 4. The molecule has 2 atom stereocenters. The van der Waals surface area contributed by atoms with Gasteiger partial charge >= 0.3 is 0 Å². The topological polar surface area (TPSA) is 29.0 Å². The van der Waals surface area contributed by atoms with Gasteiger partial charge in [0.05, 0.1) is 5.69 Å². The molecule has 2 aromatic rings. The molecule has 0 N–H and O–H groups in total. The lowest BCUT2D eigenvalue weighted by molar-refractivity contribution is 0.166. The maximum absolute atomic E-state index is 5.98. The summed E-state index contributed by atoms with van der Waals surface area (Å²) in [5, 5.41) is 0.801. The van der Waals surface area contributed by atoms with Gasteiger partial charge in [0.1, 0.15) is 5.82 Å². The number of benzene rings is 1. The fourth-order valence-electron chi connectivity index (χ4n) is 3.72. The third-order valence-corrected chi connectivity index (χ3v) is 4.98. The molecule has 2 bridgehead atoms. The van der Waals surface area contributed by atoms with Gasteiger partial charge < -0.3 is 0 Å². The minimum atomic E-state index is 0.482. The van der Waals surface area contributed by atoms with Gasteiger partial charge in [0.25, 0.3) is 0 Å². The van der Waals surface area contributed by atoms with Crippen LogP contribution in [0.5, 0.6) is 0 Å². The molecule has 1 saturated heterocycles. The Balaban J connectivity index is 1.63. The molecule has 2 aliphatic heterocycles. The summed E-state index contributed by atoms with van der Waals surface area (Å²) in [6.07, 6.45) is 5.58. The van der Waals surface area contributed by atoms with Crippen LogP contribution in [0, 0.1) is 6.92 Å². The molecule has 3 heterocycles. The van der Waals surface area contributed by atoms with E-state index in [1.165, 1.54) is 29.7 Å². The molecule has 0 radical (unpaired) electrons. The van der Waals surface area contributed by atoms with Gasteiger partial charge in [-0.1, -0.05) is 23.7 Å². The van der Waals surface area contributed by atoms with Crippen molar-refractivity contribution in [3.05, 3.63) is 58.1 Å². The highest BCUT2D eigenvalue weighted by Gasteiger charge is 2.40. The lowest BCUT2D eigenvalue weighted by Gasteiger charge is -2.35. The van der Waals surface area contributed by atoms with Crippen LogP contribution in [0.2, 0.25) is 5.02 Å². The molecular weight excluding hydrogens is 282 g/mol. The molecule has 108 valence electrons. The summed E-state index contributed by atoms with van der Waals surface area (Å²) < 4.78 is 0. The van der Waals surface area contributed by atoms with Crippen LogP contribution in [0.1, 0.15) is 41.5 Å². The van der Waals surface area contributed by atoms with Crippen molar-refractivity contribution in [2.45, 2.75) is 44.8 Å². The molecule has 0 spiro atoms. The van der Waals surface area contributed by atoms with Crippen LogP contribution in [-0.2, 0) is 13.0 Å². The Morgan fingerprint density at radius 1 is 1.24 bits per heavy atom. The van der Waals surface area contributed by atoms with Crippen LogP contribution in [0.15, 0.2) is 30.5 Å². The predicted molar refractivity (Wildman–Crippen MR) is 83.2 cm³/mol.